The fourth-order valence-electron chi connectivity index (χ4n) is 1.99. The van der Waals surface area contributed by atoms with Crippen LogP contribution >= 0.6 is 11.6 Å². The van der Waals surface area contributed by atoms with E-state index < -0.39 is 6.09 Å². The lowest BCUT2D eigenvalue weighted by atomic mass is 10.0. The SMILES string of the molecule is CN1C(=O)OC(Cc2cccc(Cl)c2)C1CO. The Morgan fingerprint density at radius 1 is 1.53 bits per heavy atom. The van der Waals surface area contributed by atoms with Crippen LogP contribution in [0.5, 0.6) is 0 Å². The zero-order valence-corrected chi connectivity index (χ0v) is 10.2. The smallest absolute Gasteiger partial charge is 0.410 e. The standard InChI is InChI=1S/C12H14ClNO3/c1-14-10(7-15)11(17-12(14)16)6-8-3-2-4-9(13)5-8/h2-5,10-11,15H,6-7H2,1H3. The van der Waals surface area contributed by atoms with E-state index in [1.807, 2.05) is 18.2 Å². The number of likely N-dealkylation sites (N-methyl/N-ethyl adjacent to an activating group) is 1. The Morgan fingerprint density at radius 3 is 2.94 bits per heavy atom. The number of amides is 1. The molecule has 92 valence electrons. The van der Waals surface area contributed by atoms with Crippen molar-refractivity contribution in [3.05, 3.63) is 34.9 Å². The van der Waals surface area contributed by atoms with Gasteiger partial charge in [0, 0.05) is 18.5 Å². The Balaban J connectivity index is 2.11. The van der Waals surface area contributed by atoms with E-state index in [-0.39, 0.29) is 18.8 Å². The van der Waals surface area contributed by atoms with Crippen molar-refractivity contribution in [1.82, 2.24) is 4.90 Å². The lowest BCUT2D eigenvalue weighted by molar-refractivity contribution is 0.118. The normalized spacial score (nSPS) is 23.9. The van der Waals surface area contributed by atoms with Gasteiger partial charge in [0.2, 0.25) is 0 Å². The van der Waals surface area contributed by atoms with Crippen LogP contribution in [0.1, 0.15) is 5.56 Å². The Bertz CT molecular complexity index is 424. The van der Waals surface area contributed by atoms with Gasteiger partial charge in [-0.2, -0.15) is 0 Å². The van der Waals surface area contributed by atoms with Gasteiger partial charge in [0.05, 0.1) is 12.6 Å². The second-order valence-corrected chi connectivity index (χ2v) is 4.55. The monoisotopic (exact) mass is 255 g/mol. The van der Waals surface area contributed by atoms with E-state index in [2.05, 4.69) is 0 Å². The minimum atomic E-state index is -0.393. The maximum atomic E-state index is 11.4. The van der Waals surface area contributed by atoms with Crippen molar-refractivity contribution in [2.24, 2.45) is 0 Å². The summed E-state index contributed by atoms with van der Waals surface area (Å²) in [5.74, 6) is 0. The molecule has 2 atom stereocenters. The molecule has 1 heterocycles. The quantitative estimate of drug-likeness (QED) is 0.894. The Morgan fingerprint density at radius 2 is 2.29 bits per heavy atom. The summed E-state index contributed by atoms with van der Waals surface area (Å²) >= 11 is 5.89. The summed E-state index contributed by atoms with van der Waals surface area (Å²) in [6.07, 6.45) is -0.158. The zero-order valence-electron chi connectivity index (χ0n) is 9.47. The number of aliphatic hydroxyl groups excluding tert-OH is 1. The fourth-order valence-corrected chi connectivity index (χ4v) is 2.20. The molecule has 2 unspecified atom stereocenters. The average molecular weight is 256 g/mol. The van der Waals surface area contributed by atoms with Gasteiger partial charge in [-0.3, -0.25) is 0 Å². The molecule has 0 spiro atoms. The molecule has 4 nitrogen and oxygen atoms in total. The summed E-state index contributed by atoms with van der Waals surface area (Å²) in [5, 5.41) is 9.91. The molecule has 5 heteroatoms. The number of halogens is 1. The van der Waals surface area contributed by atoms with E-state index in [1.165, 1.54) is 4.90 Å². The van der Waals surface area contributed by atoms with E-state index in [0.717, 1.165) is 5.56 Å². The van der Waals surface area contributed by atoms with Gasteiger partial charge in [-0.15, -0.1) is 0 Å². The molecule has 1 fully saturated rings. The van der Waals surface area contributed by atoms with Crippen LogP contribution in [0.15, 0.2) is 24.3 Å². The molecule has 1 aromatic rings. The number of carbonyl (C=O) groups excluding carboxylic acids is 1. The maximum Gasteiger partial charge on any atom is 0.410 e. The van der Waals surface area contributed by atoms with Gasteiger partial charge in [-0.25, -0.2) is 4.79 Å². The first kappa shape index (κ1) is 12.2. The third kappa shape index (κ3) is 2.53. The zero-order chi connectivity index (χ0) is 12.4. The van der Waals surface area contributed by atoms with Gasteiger partial charge in [0.25, 0.3) is 0 Å². The third-order valence-corrected chi connectivity index (χ3v) is 3.21. The summed E-state index contributed by atoms with van der Waals surface area (Å²) in [7, 11) is 1.63. The van der Waals surface area contributed by atoms with Crippen molar-refractivity contribution in [2.45, 2.75) is 18.6 Å². The topological polar surface area (TPSA) is 49.8 Å². The Hall–Kier alpha value is -1.26. The molecule has 1 N–H and O–H groups in total. The number of carbonyl (C=O) groups is 1. The number of cyclic esters (lactones) is 1. The number of rotatable bonds is 3. The van der Waals surface area contributed by atoms with Crippen molar-refractivity contribution >= 4 is 17.7 Å². The lowest BCUT2D eigenvalue weighted by Crippen LogP contribution is -2.37. The molecule has 0 radical (unpaired) electrons. The number of ether oxygens (including phenoxy) is 1. The summed E-state index contributed by atoms with van der Waals surface area (Å²) < 4.78 is 5.20. The predicted octanol–water partition coefficient (Wildman–Crippen LogP) is 1.69. The molecule has 1 saturated heterocycles. The van der Waals surface area contributed by atoms with Crippen LogP contribution in [0.2, 0.25) is 5.02 Å². The van der Waals surface area contributed by atoms with Crippen molar-refractivity contribution < 1.29 is 14.6 Å². The number of nitrogens with zero attached hydrogens (tertiary/aromatic N) is 1. The van der Waals surface area contributed by atoms with Crippen LogP contribution < -0.4 is 0 Å². The number of benzene rings is 1. The molecule has 17 heavy (non-hydrogen) atoms. The largest absolute Gasteiger partial charge is 0.443 e. The highest BCUT2D eigenvalue weighted by molar-refractivity contribution is 6.30. The highest BCUT2D eigenvalue weighted by Gasteiger charge is 2.38. The molecule has 0 saturated carbocycles. The molecule has 0 aromatic heterocycles. The van der Waals surface area contributed by atoms with E-state index in [9.17, 15) is 9.90 Å². The molecule has 2 rings (SSSR count). The summed E-state index contributed by atoms with van der Waals surface area (Å²) in [4.78, 5) is 12.8. The molecule has 1 aliphatic rings. The van der Waals surface area contributed by atoms with Gasteiger partial charge in [-0.1, -0.05) is 23.7 Å². The van der Waals surface area contributed by atoms with Crippen molar-refractivity contribution in [1.29, 1.82) is 0 Å². The molecular weight excluding hydrogens is 242 g/mol. The van der Waals surface area contributed by atoms with Crippen molar-refractivity contribution in [3.8, 4) is 0 Å². The lowest BCUT2D eigenvalue weighted by Gasteiger charge is -2.18. The molecule has 1 amide bonds. The van der Waals surface area contributed by atoms with E-state index in [1.54, 1.807) is 13.1 Å². The van der Waals surface area contributed by atoms with Gasteiger partial charge >= 0.3 is 6.09 Å². The maximum absolute atomic E-state index is 11.4. The van der Waals surface area contributed by atoms with Crippen LogP contribution in [-0.4, -0.2) is 41.9 Å². The molecule has 0 bridgehead atoms. The summed E-state index contributed by atoms with van der Waals surface area (Å²) in [6, 6.07) is 7.11. The molecule has 1 aliphatic heterocycles. The number of hydrogen-bond donors (Lipinski definition) is 1. The number of aliphatic hydroxyl groups is 1. The Kier molecular flexibility index (Phi) is 3.54. The first-order valence-electron chi connectivity index (χ1n) is 5.40. The van der Waals surface area contributed by atoms with Gasteiger partial charge in [0.15, 0.2) is 0 Å². The fraction of sp³-hybridized carbons (Fsp3) is 0.417. The van der Waals surface area contributed by atoms with Gasteiger partial charge < -0.3 is 14.7 Å². The van der Waals surface area contributed by atoms with E-state index in [0.29, 0.717) is 11.4 Å². The minimum absolute atomic E-state index is 0.104. The first-order valence-corrected chi connectivity index (χ1v) is 5.78. The molecular formula is C12H14ClNO3. The molecule has 1 aromatic carbocycles. The van der Waals surface area contributed by atoms with Crippen molar-refractivity contribution in [3.63, 3.8) is 0 Å². The van der Waals surface area contributed by atoms with Crippen LogP contribution in [0.4, 0.5) is 4.79 Å². The highest BCUT2D eigenvalue weighted by Crippen LogP contribution is 2.22. The van der Waals surface area contributed by atoms with Crippen molar-refractivity contribution in [2.75, 3.05) is 13.7 Å². The summed E-state index contributed by atoms with van der Waals surface area (Å²) in [5.41, 5.74) is 0.990. The average Bonchev–Trinajstić information content (AvgIpc) is 2.54. The van der Waals surface area contributed by atoms with E-state index in [4.69, 9.17) is 16.3 Å². The van der Waals surface area contributed by atoms with Gasteiger partial charge in [0.1, 0.15) is 6.10 Å². The summed E-state index contributed by atoms with van der Waals surface area (Å²) in [6.45, 7) is -0.104. The second kappa shape index (κ2) is 4.94. The Labute approximate surface area is 105 Å². The number of hydrogen-bond acceptors (Lipinski definition) is 3. The third-order valence-electron chi connectivity index (χ3n) is 2.98. The van der Waals surface area contributed by atoms with Crippen LogP contribution in [0.25, 0.3) is 0 Å². The van der Waals surface area contributed by atoms with Gasteiger partial charge in [-0.05, 0) is 17.7 Å². The minimum Gasteiger partial charge on any atom is -0.443 e. The van der Waals surface area contributed by atoms with Crippen LogP contribution in [0, 0.1) is 0 Å². The first-order chi connectivity index (χ1) is 8.11. The van der Waals surface area contributed by atoms with E-state index >= 15 is 0 Å². The predicted molar refractivity (Wildman–Crippen MR) is 64.1 cm³/mol. The highest BCUT2D eigenvalue weighted by atomic mass is 35.5. The van der Waals surface area contributed by atoms with Crippen LogP contribution in [0.3, 0.4) is 0 Å². The second-order valence-electron chi connectivity index (χ2n) is 4.12. The van der Waals surface area contributed by atoms with Crippen LogP contribution in [-0.2, 0) is 11.2 Å². The molecule has 0 aliphatic carbocycles.